The highest BCUT2D eigenvalue weighted by molar-refractivity contribution is 6.17. The molecule has 1 aliphatic carbocycles. The van der Waals surface area contributed by atoms with Crippen molar-refractivity contribution in [1.29, 1.82) is 0 Å². The first kappa shape index (κ1) is 25.4. The van der Waals surface area contributed by atoms with Crippen molar-refractivity contribution in [3.63, 3.8) is 0 Å². The van der Waals surface area contributed by atoms with Crippen LogP contribution in [-0.4, -0.2) is 43.8 Å². The van der Waals surface area contributed by atoms with Gasteiger partial charge in [0.1, 0.15) is 11.7 Å². The van der Waals surface area contributed by atoms with Gasteiger partial charge in [-0.1, -0.05) is 42.5 Å². The van der Waals surface area contributed by atoms with Crippen LogP contribution in [0.1, 0.15) is 50.2 Å². The maximum absolute atomic E-state index is 14.2. The molecule has 0 aromatic heterocycles. The van der Waals surface area contributed by atoms with Crippen LogP contribution in [-0.2, 0) is 23.9 Å². The first-order valence-electron chi connectivity index (χ1n) is 12.3. The van der Waals surface area contributed by atoms with Gasteiger partial charge in [0, 0.05) is 23.2 Å². The lowest BCUT2D eigenvalue weighted by Crippen LogP contribution is -2.48. The SMILES string of the molecule is CCOC(=O)C1=C(C)N=C2C[C@H](c3ccc(OC)cc3)[C@H](C(=O)OCC)C(=O)C2[C@@H]1c1ccccc1. The number of aliphatic imine (C=N–C) groups is 1. The number of allylic oxidation sites excluding steroid dienone is 1. The molecular formula is C29H31NO6. The highest BCUT2D eigenvalue weighted by atomic mass is 16.5. The van der Waals surface area contributed by atoms with Crippen molar-refractivity contribution in [3.05, 3.63) is 77.0 Å². The van der Waals surface area contributed by atoms with Crippen molar-refractivity contribution in [2.45, 2.75) is 39.0 Å². The molecule has 0 amide bonds. The molecule has 1 heterocycles. The number of benzene rings is 2. The molecule has 188 valence electrons. The Morgan fingerprint density at radius 2 is 1.58 bits per heavy atom. The van der Waals surface area contributed by atoms with E-state index >= 15 is 0 Å². The molecule has 0 radical (unpaired) electrons. The Morgan fingerprint density at radius 1 is 0.917 bits per heavy atom. The summed E-state index contributed by atoms with van der Waals surface area (Å²) in [6, 6.07) is 16.8. The molecule has 1 fully saturated rings. The molecule has 0 bridgehead atoms. The van der Waals surface area contributed by atoms with Crippen molar-refractivity contribution < 1.29 is 28.6 Å². The van der Waals surface area contributed by atoms with Crippen molar-refractivity contribution in [1.82, 2.24) is 0 Å². The van der Waals surface area contributed by atoms with Crippen molar-refractivity contribution in [2.24, 2.45) is 16.8 Å². The summed E-state index contributed by atoms with van der Waals surface area (Å²) in [5, 5.41) is 0. The Kier molecular flexibility index (Phi) is 7.67. The summed E-state index contributed by atoms with van der Waals surface area (Å²) in [7, 11) is 1.59. The second-order valence-electron chi connectivity index (χ2n) is 8.90. The smallest absolute Gasteiger partial charge is 0.336 e. The summed E-state index contributed by atoms with van der Waals surface area (Å²) in [6.45, 7) is 5.61. The third-order valence-electron chi connectivity index (χ3n) is 6.89. The second kappa shape index (κ2) is 10.9. The minimum Gasteiger partial charge on any atom is -0.497 e. The average molecular weight is 490 g/mol. The summed E-state index contributed by atoms with van der Waals surface area (Å²) >= 11 is 0. The fraction of sp³-hybridized carbons (Fsp3) is 0.379. The number of nitrogens with zero attached hydrogens (tertiary/aromatic N) is 1. The molecule has 4 atom stereocenters. The molecular weight excluding hydrogens is 458 g/mol. The molecule has 7 heteroatoms. The molecule has 2 aromatic rings. The van der Waals surface area contributed by atoms with E-state index in [1.165, 1.54) is 0 Å². The lowest BCUT2D eigenvalue weighted by Gasteiger charge is -2.41. The van der Waals surface area contributed by atoms with Gasteiger partial charge in [0.05, 0.1) is 31.8 Å². The van der Waals surface area contributed by atoms with Gasteiger partial charge in [-0.15, -0.1) is 0 Å². The van der Waals surface area contributed by atoms with Gasteiger partial charge in [0.25, 0.3) is 0 Å². The molecule has 2 aromatic carbocycles. The highest BCUT2D eigenvalue weighted by Crippen LogP contribution is 2.48. The number of rotatable bonds is 7. The molecule has 0 saturated heterocycles. The number of carbonyl (C=O) groups is 3. The number of ether oxygens (including phenoxy) is 3. The molecule has 1 aliphatic heterocycles. The number of hydrogen-bond donors (Lipinski definition) is 0. The highest BCUT2D eigenvalue weighted by Gasteiger charge is 2.52. The van der Waals surface area contributed by atoms with Gasteiger partial charge in [-0.3, -0.25) is 14.6 Å². The van der Waals surface area contributed by atoms with E-state index in [0.717, 1.165) is 11.1 Å². The van der Waals surface area contributed by atoms with Gasteiger partial charge in [-0.25, -0.2) is 4.79 Å². The molecule has 7 nitrogen and oxygen atoms in total. The lowest BCUT2D eigenvalue weighted by atomic mass is 9.62. The quantitative estimate of drug-likeness (QED) is 0.416. The maximum Gasteiger partial charge on any atom is 0.336 e. The maximum atomic E-state index is 14.2. The number of ketones is 1. The predicted octanol–water partition coefficient (Wildman–Crippen LogP) is 4.62. The van der Waals surface area contributed by atoms with Gasteiger partial charge >= 0.3 is 11.9 Å². The normalized spacial score (nSPS) is 23.4. The number of fused-ring (bicyclic) bond motifs is 1. The van der Waals surface area contributed by atoms with Crippen LogP contribution < -0.4 is 4.74 Å². The first-order valence-corrected chi connectivity index (χ1v) is 12.3. The Bertz CT molecular complexity index is 1200. The number of esters is 2. The topological polar surface area (TPSA) is 91.3 Å². The van der Waals surface area contributed by atoms with Crippen LogP contribution in [0.5, 0.6) is 5.75 Å². The zero-order chi connectivity index (χ0) is 25.8. The van der Waals surface area contributed by atoms with Gasteiger partial charge < -0.3 is 14.2 Å². The van der Waals surface area contributed by atoms with Crippen LogP contribution in [0.4, 0.5) is 0 Å². The summed E-state index contributed by atoms with van der Waals surface area (Å²) in [4.78, 5) is 45.3. The second-order valence-corrected chi connectivity index (χ2v) is 8.90. The lowest BCUT2D eigenvalue weighted by molar-refractivity contribution is -0.153. The number of Topliss-reactive ketones (excluding diaryl/α,β-unsaturated/α-hetero) is 1. The van der Waals surface area contributed by atoms with Crippen molar-refractivity contribution in [2.75, 3.05) is 20.3 Å². The van der Waals surface area contributed by atoms with Crippen molar-refractivity contribution >= 4 is 23.4 Å². The van der Waals surface area contributed by atoms with E-state index in [1.807, 2.05) is 54.6 Å². The molecule has 2 aliphatic rings. The van der Waals surface area contributed by atoms with Crippen LogP contribution in [0.3, 0.4) is 0 Å². The van der Waals surface area contributed by atoms with E-state index in [-0.39, 0.29) is 19.0 Å². The number of hydrogen-bond acceptors (Lipinski definition) is 7. The molecule has 4 rings (SSSR count). The van der Waals surface area contributed by atoms with Crippen LogP contribution in [0.15, 0.2) is 70.9 Å². The van der Waals surface area contributed by atoms with Crippen molar-refractivity contribution in [3.8, 4) is 5.75 Å². The molecule has 0 N–H and O–H groups in total. The van der Waals surface area contributed by atoms with Crippen LogP contribution in [0.25, 0.3) is 0 Å². The van der Waals surface area contributed by atoms with E-state index in [2.05, 4.69) is 0 Å². The van der Waals surface area contributed by atoms with E-state index < -0.39 is 35.6 Å². The fourth-order valence-electron chi connectivity index (χ4n) is 5.34. The summed E-state index contributed by atoms with van der Waals surface area (Å²) in [5.74, 6) is -3.48. The average Bonchev–Trinajstić information content (AvgIpc) is 2.88. The Labute approximate surface area is 211 Å². The van der Waals surface area contributed by atoms with Gasteiger partial charge in [0.15, 0.2) is 5.78 Å². The van der Waals surface area contributed by atoms with E-state index in [4.69, 9.17) is 19.2 Å². The molecule has 0 spiro atoms. The Hall–Kier alpha value is -3.74. The third kappa shape index (κ3) is 4.70. The van der Waals surface area contributed by atoms with Gasteiger partial charge in [0.2, 0.25) is 0 Å². The summed E-state index contributed by atoms with van der Waals surface area (Å²) < 4.78 is 16.0. The van der Waals surface area contributed by atoms with Gasteiger partial charge in [-0.2, -0.15) is 0 Å². The van der Waals surface area contributed by atoms with E-state index in [1.54, 1.807) is 27.9 Å². The fourth-order valence-corrected chi connectivity index (χ4v) is 5.34. The molecule has 36 heavy (non-hydrogen) atoms. The minimum atomic E-state index is -1.02. The number of carbonyl (C=O) groups excluding carboxylic acids is 3. The predicted molar refractivity (Wildman–Crippen MR) is 135 cm³/mol. The summed E-state index contributed by atoms with van der Waals surface area (Å²) in [5.41, 5.74) is 3.19. The Balaban J connectivity index is 1.86. The van der Waals surface area contributed by atoms with Crippen LogP contribution in [0.2, 0.25) is 0 Å². The molecule has 1 saturated carbocycles. The zero-order valence-electron chi connectivity index (χ0n) is 21.0. The van der Waals surface area contributed by atoms with Gasteiger partial charge in [-0.05, 0) is 50.5 Å². The minimum absolute atomic E-state index is 0.165. The largest absolute Gasteiger partial charge is 0.497 e. The standard InChI is InChI=1S/C29H31NO6/c1-5-35-28(32)23-17(3)30-22-16-21(18-12-14-20(34-4)15-13-18)25(29(33)36-6-2)27(31)26(22)24(23)19-10-8-7-9-11-19/h7-15,21,24-26H,5-6,16H2,1-4H3/t21-,24-,25+,26?/m1/s1. The summed E-state index contributed by atoms with van der Waals surface area (Å²) in [6.07, 6.45) is 0.392. The Morgan fingerprint density at radius 3 is 2.19 bits per heavy atom. The zero-order valence-corrected chi connectivity index (χ0v) is 21.0. The van der Waals surface area contributed by atoms with E-state index in [9.17, 15) is 14.4 Å². The van der Waals surface area contributed by atoms with Crippen LogP contribution >= 0.6 is 0 Å². The molecule has 1 unspecified atom stereocenters. The van der Waals surface area contributed by atoms with Crippen LogP contribution in [0, 0.1) is 11.8 Å². The number of methoxy groups -OCH3 is 1. The first-order chi connectivity index (χ1) is 17.4. The third-order valence-corrected chi connectivity index (χ3v) is 6.89. The monoisotopic (exact) mass is 489 g/mol. The van der Waals surface area contributed by atoms with E-state index in [0.29, 0.717) is 29.2 Å².